The third kappa shape index (κ3) is 4.26. The monoisotopic (exact) mass is 380 g/mol. The van der Waals surface area contributed by atoms with Gasteiger partial charge in [0.05, 0.1) is 0 Å². The van der Waals surface area contributed by atoms with Crippen molar-refractivity contribution < 1.29 is 9.18 Å². The minimum Gasteiger partial charge on any atom is -0.342 e. The number of carbonyl (C=O) groups excluding carboxylic acids is 1. The maximum absolute atomic E-state index is 14.1. The van der Waals surface area contributed by atoms with Crippen molar-refractivity contribution in [1.29, 1.82) is 0 Å². The highest BCUT2D eigenvalue weighted by Gasteiger charge is 2.31. The lowest BCUT2D eigenvalue weighted by atomic mass is 9.91. The molecule has 1 aromatic carbocycles. The molecule has 4 heteroatoms. The number of amides is 1. The predicted octanol–water partition coefficient (Wildman–Crippen LogP) is 5.02. The second-order valence-electron chi connectivity index (χ2n) is 8.41. The molecule has 0 bridgehead atoms. The molecule has 1 aromatic heterocycles. The van der Waals surface area contributed by atoms with E-state index in [4.69, 9.17) is 4.98 Å². The molecule has 1 amide bonds. The Bertz CT molecular complexity index is 844. The summed E-state index contributed by atoms with van der Waals surface area (Å²) in [7, 11) is 0. The summed E-state index contributed by atoms with van der Waals surface area (Å²) in [4.78, 5) is 19.7. The summed E-state index contributed by atoms with van der Waals surface area (Å²) in [6, 6.07) is 11.1. The van der Waals surface area contributed by atoms with Crippen LogP contribution >= 0.6 is 0 Å². The highest BCUT2D eigenvalue weighted by Crippen LogP contribution is 2.31. The number of rotatable bonds is 4. The Labute approximate surface area is 167 Å². The Balaban J connectivity index is 1.51. The molecule has 1 aliphatic carbocycles. The lowest BCUT2D eigenvalue weighted by Gasteiger charge is -2.34. The van der Waals surface area contributed by atoms with E-state index < -0.39 is 0 Å². The Morgan fingerprint density at radius 1 is 1.14 bits per heavy atom. The van der Waals surface area contributed by atoms with Crippen LogP contribution in [0, 0.1) is 18.7 Å². The first-order chi connectivity index (χ1) is 13.6. The number of halogens is 1. The highest BCUT2D eigenvalue weighted by atomic mass is 19.1. The van der Waals surface area contributed by atoms with E-state index in [2.05, 4.69) is 11.0 Å². The summed E-state index contributed by atoms with van der Waals surface area (Å²) >= 11 is 0. The molecule has 0 N–H and O–H groups in total. The SMILES string of the molecule is Cc1cc(Cc2ccccc2F)cc([C@@H]2CCCN(C(=O)C3CCCC3)C2)n1. The van der Waals surface area contributed by atoms with Gasteiger partial charge in [-0.3, -0.25) is 9.78 Å². The van der Waals surface area contributed by atoms with Gasteiger partial charge in [-0.25, -0.2) is 4.39 Å². The fourth-order valence-corrected chi connectivity index (χ4v) is 4.79. The van der Waals surface area contributed by atoms with Crippen LogP contribution < -0.4 is 0 Å². The first kappa shape index (κ1) is 19.1. The molecular formula is C24H29FN2O. The molecule has 2 aliphatic rings. The van der Waals surface area contributed by atoms with Gasteiger partial charge in [0, 0.05) is 42.7 Å². The van der Waals surface area contributed by atoms with E-state index in [1.807, 2.05) is 25.1 Å². The summed E-state index contributed by atoms with van der Waals surface area (Å²) in [5, 5.41) is 0. The van der Waals surface area contributed by atoms with Gasteiger partial charge in [0.2, 0.25) is 5.91 Å². The van der Waals surface area contributed by atoms with E-state index in [9.17, 15) is 9.18 Å². The van der Waals surface area contributed by atoms with Crippen molar-refractivity contribution in [1.82, 2.24) is 9.88 Å². The van der Waals surface area contributed by atoms with Gasteiger partial charge >= 0.3 is 0 Å². The van der Waals surface area contributed by atoms with Crippen LogP contribution in [0.3, 0.4) is 0 Å². The number of aromatic nitrogens is 1. The number of likely N-dealkylation sites (tertiary alicyclic amines) is 1. The fourth-order valence-electron chi connectivity index (χ4n) is 4.79. The van der Waals surface area contributed by atoms with E-state index in [0.717, 1.165) is 55.7 Å². The maximum atomic E-state index is 14.1. The van der Waals surface area contributed by atoms with Gasteiger partial charge in [0.15, 0.2) is 0 Å². The van der Waals surface area contributed by atoms with Crippen molar-refractivity contribution >= 4 is 5.91 Å². The van der Waals surface area contributed by atoms with Crippen LogP contribution in [0.25, 0.3) is 0 Å². The summed E-state index contributed by atoms with van der Waals surface area (Å²) in [5.74, 6) is 0.699. The van der Waals surface area contributed by atoms with Crippen molar-refractivity contribution in [3.63, 3.8) is 0 Å². The van der Waals surface area contributed by atoms with Crippen LogP contribution in [0.1, 0.15) is 67.0 Å². The zero-order valence-corrected chi connectivity index (χ0v) is 16.7. The van der Waals surface area contributed by atoms with Crippen molar-refractivity contribution in [2.45, 2.75) is 57.8 Å². The Kier molecular flexibility index (Phi) is 5.74. The molecule has 1 aliphatic heterocycles. The van der Waals surface area contributed by atoms with Crippen molar-refractivity contribution in [2.75, 3.05) is 13.1 Å². The molecule has 148 valence electrons. The lowest BCUT2D eigenvalue weighted by Crippen LogP contribution is -2.42. The van der Waals surface area contributed by atoms with Gasteiger partial charge in [-0.1, -0.05) is 31.0 Å². The Hall–Kier alpha value is -2.23. The van der Waals surface area contributed by atoms with Crippen LogP contribution in [0.2, 0.25) is 0 Å². The van der Waals surface area contributed by atoms with Crippen molar-refractivity contribution in [3.05, 3.63) is 64.7 Å². The highest BCUT2D eigenvalue weighted by molar-refractivity contribution is 5.79. The van der Waals surface area contributed by atoms with E-state index in [1.165, 1.54) is 18.9 Å². The second-order valence-corrected chi connectivity index (χ2v) is 8.41. The molecule has 0 spiro atoms. The average molecular weight is 381 g/mol. The smallest absolute Gasteiger partial charge is 0.225 e. The van der Waals surface area contributed by atoms with Gasteiger partial charge in [0.1, 0.15) is 5.82 Å². The molecule has 2 heterocycles. The van der Waals surface area contributed by atoms with E-state index in [-0.39, 0.29) is 17.7 Å². The number of hydrogen-bond acceptors (Lipinski definition) is 2. The minimum atomic E-state index is -0.162. The largest absolute Gasteiger partial charge is 0.342 e. The lowest BCUT2D eigenvalue weighted by molar-refractivity contribution is -0.136. The zero-order chi connectivity index (χ0) is 19.5. The maximum Gasteiger partial charge on any atom is 0.225 e. The van der Waals surface area contributed by atoms with Gasteiger partial charge in [-0.2, -0.15) is 0 Å². The number of piperidine rings is 1. The summed E-state index contributed by atoms with van der Waals surface area (Å²) < 4.78 is 14.1. The van der Waals surface area contributed by atoms with Crippen molar-refractivity contribution in [2.24, 2.45) is 5.92 Å². The van der Waals surface area contributed by atoms with E-state index >= 15 is 0 Å². The number of aryl methyl sites for hydroxylation is 1. The van der Waals surface area contributed by atoms with Crippen LogP contribution in [-0.4, -0.2) is 28.9 Å². The molecule has 4 rings (SSSR count). The molecule has 1 saturated carbocycles. The minimum absolute atomic E-state index is 0.162. The third-order valence-corrected chi connectivity index (χ3v) is 6.24. The fraction of sp³-hybridized carbons (Fsp3) is 0.500. The van der Waals surface area contributed by atoms with Gasteiger partial charge in [-0.15, -0.1) is 0 Å². The number of nitrogens with zero attached hydrogens (tertiary/aromatic N) is 2. The first-order valence-electron chi connectivity index (χ1n) is 10.6. The molecule has 0 radical (unpaired) electrons. The number of benzene rings is 1. The topological polar surface area (TPSA) is 33.2 Å². The van der Waals surface area contributed by atoms with Gasteiger partial charge in [-0.05, 0) is 61.9 Å². The quantitative estimate of drug-likeness (QED) is 0.746. The van der Waals surface area contributed by atoms with E-state index in [1.54, 1.807) is 6.07 Å². The molecule has 0 unspecified atom stereocenters. The van der Waals surface area contributed by atoms with Crippen molar-refractivity contribution in [3.8, 4) is 0 Å². The Morgan fingerprint density at radius 2 is 1.93 bits per heavy atom. The zero-order valence-electron chi connectivity index (χ0n) is 16.7. The summed E-state index contributed by atoms with van der Waals surface area (Å²) in [6.07, 6.45) is 7.13. The normalized spacial score (nSPS) is 20.5. The van der Waals surface area contributed by atoms with Gasteiger partial charge in [0.25, 0.3) is 0 Å². The summed E-state index contributed by atoms with van der Waals surface area (Å²) in [6.45, 7) is 3.64. The van der Waals surface area contributed by atoms with Crippen LogP contribution in [0.4, 0.5) is 4.39 Å². The van der Waals surface area contributed by atoms with E-state index in [0.29, 0.717) is 17.9 Å². The number of carbonyl (C=O) groups is 1. The average Bonchev–Trinajstić information content (AvgIpc) is 3.24. The number of hydrogen-bond donors (Lipinski definition) is 0. The third-order valence-electron chi connectivity index (χ3n) is 6.24. The second kappa shape index (κ2) is 8.42. The Morgan fingerprint density at radius 3 is 2.71 bits per heavy atom. The molecule has 1 saturated heterocycles. The standard InChI is InChI=1S/C24H29FN2O/c1-17-13-18(14-20-9-4-5-11-22(20)25)15-23(26-17)21-10-6-12-27(16-21)24(28)19-7-2-3-8-19/h4-5,9,11,13,15,19,21H,2-3,6-8,10,12,14,16H2,1H3/t21-/m1/s1. The van der Waals surface area contributed by atoms with Crippen LogP contribution in [-0.2, 0) is 11.2 Å². The van der Waals surface area contributed by atoms with Gasteiger partial charge < -0.3 is 4.90 Å². The molecule has 1 atom stereocenters. The molecule has 28 heavy (non-hydrogen) atoms. The predicted molar refractivity (Wildman–Crippen MR) is 109 cm³/mol. The molecular weight excluding hydrogens is 351 g/mol. The summed E-state index contributed by atoms with van der Waals surface area (Å²) in [5.41, 5.74) is 3.81. The van der Waals surface area contributed by atoms with Crippen LogP contribution in [0.5, 0.6) is 0 Å². The molecule has 3 nitrogen and oxygen atoms in total. The number of pyridine rings is 1. The molecule has 2 aromatic rings. The van der Waals surface area contributed by atoms with Crippen LogP contribution in [0.15, 0.2) is 36.4 Å². The molecule has 2 fully saturated rings. The first-order valence-corrected chi connectivity index (χ1v) is 10.6.